The third kappa shape index (κ3) is 3.01. The molecular weight excluding hydrogens is 244 g/mol. The molecule has 0 unspecified atom stereocenters. The van der Waals surface area contributed by atoms with Gasteiger partial charge in [0.1, 0.15) is 0 Å². The quantitative estimate of drug-likeness (QED) is 0.875. The molecule has 2 rings (SSSR count). The van der Waals surface area contributed by atoms with E-state index in [2.05, 4.69) is 20.6 Å². The molecule has 2 N–H and O–H groups in total. The van der Waals surface area contributed by atoms with Crippen LogP contribution >= 0.6 is 22.7 Å². The minimum absolute atomic E-state index is 0.121. The summed E-state index contributed by atoms with van der Waals surface area (Å²) < 4.78 is 0. The molecule has 84 valence electrons. The highest BCUT2D eigenvalue weighted by atomic mass is 32.1. The van der Waals surface area contributed by atoms with Crippen molar-refractivity contribution < 1.29 is 4.79 Å². The van der Waals surface area contributed by atoms with Crippen molar-refractivity contribution in [3.63, 3.8) is 0 Å². The molecule has 0 saturated heterocycles. The fourth-order valence-electron chi connectivity index (χ4n) is 1.04. The zero-order valence-electron chi connectivity index (χ0n) is 8.56. The van der Waals surface area contributed by atoms with Crippen molar-refractivity contribution in [3.8, 4) is 0 Å². The molecule has 5 nitrogen and oxygen atoms in total. The van der Waals surface area contributed by atoms with Crippen molar-refractivity contribution in [1.29, 1.82) is 0 Å². The third-order valence-corrected chi connectivity index (χ3v) is 3.30. The van der Waals surface area contributed by atoms with E-state index in [-0.39, 0.29) is 12.5 Å². The van der Waals surface area contributed by atoms with Gasteiger partial charge in [0.2, 0.25) is 5.91 Å². The SMILES string of the molecule is Cc1csc(NC(=O)CNc2nccs2)n1. The van der Waals surface area contributed by atoms with Crippen molar-refractivity contribution in [1.82, 2.24) is 9.97 Å². The number of hydrogen-bond donors (Lipinski definition) is 2. The highest BCUT2D eigenvalue weighted by molar-refractivity contribution is 7.14. The molecule has 0 aromatic carbocycles. The fourth-order valence-corrected chi connectivity index (χ4v) is 2.27. The Kier molecular flexibility index (Phi) is 3.47. The lowest BCUT2D eigenvalue weighted by Gasteiger charge is -2.02. The summed E-state index contributed by atoms with van der Waals surface area (Å²) in [4.78, 5) is 19.6. The summed E-state index contributed by atoms with van der Waals surface area (Å²) in [5.41, 5.74) is 0.910. The molecule has 0 atom stereocenters. The highest BCUT2D eigenvalue weighted by Crippen LogP contribution is 2.14. The van der Waals surface area contributed by atoms with Gasteiger partial charge in [-0.15, -0.1) is 22.7 Å². The summed E-state index contributed by atoms with van der Waals surface area (Å²) in [6.07, 6.45) is 1.69. The van der Waals surface area contributed by atoms with Crippen LogP contribution in [0.25, 0.3) is 0 Å². The van der Waals surface area contributed by atoms with Crippen LogP contribution in [-0.2, 0) is 4.79 Å². The number of aryl methyl sites for hydroxylation is 1. The zero-order chi connectivity index (χ0) is 11.4. The normalized spacial score (nSPS) is 10.1. The predicted octanol–water partition coefficient (Wildman–Crippen LogP) is 1.96. The maximum atomic E-state index is 11.5. The second-order valence-corrected chi connectivity index (χ2v) is 4.79. The molecule has 0 aliphatic carbocycles. The molecule has 0 fully saturated rings. The first-order chi connectivity index (χ1) is 7.74. The van der Waals surface area contributed by atoms with E-state index in [9.17, 15) is 4.79 Å². The van der Waals surface area contributed by atoms with E-state index >= 15 is 0 Å². The summed E-state index contributed by atoms with van der Waals surface area (Å²) in [7, 11) is 0. The van der Waals surface area contributed by atoms with Crippen molar-refractivity contribution >= 4 is 38.8 Å². The number of nitrogens with zero attached hydrogens (tertiary/aromatic N) is 2. The lowest BCUT2D eigenvalue weighted by Crippen LogP contribution is -2.21. The summed E-state index contributed by atoms with van der Waals surface area (Å²) >= 11 is 2.88. The molecule has 0 saturated carbocycles. The van der Waals surface area contributed by atoms with Crippen LogP contribution in [-0.4, -0.2) is 22.4 Å². The van der Waals surface area contributed by atoms with Gasteiger partial charge < -0.3 is 10.6 Å². The van der Waals surface area contributed by atoms with Crippen LogP contribution < -0.4 is 10.6 Å². The average molecular weight is 254 g/mol. The topological polar surface area (TPSA) is 66.9 Å². The van der Waals surface area contributed by atoms with Gasteiger partial charge in [-0.1, -0.05) is 0 Å². The number of amides is 1. The largest absolute Gasteiger partial charge is 0.352 e. The predicted molar refractivity (Wildman–Crippen MR) is 66.1 cm³/mol. The van der Waals surface area contributed by atoms with Crippen molar-refractivity contribution in [3.05, 3.63) is 22.7 Å². The van der Waals surface area contributed by atoms with E-state index in [1.165, 1.54) is 22.7 Å². The van der Waals surface area contributed by atoms with Crippen LogP contribution in [0.4, 0.5) is 10.3 Å². The lowest BCUT2D eigenvalue weighted by atomic mass is 10.6. The van der Waals surface area contributed by atoms with Gasteiger partial charge >= 0.3 is 0 Å². The molecule has 0 bridgehead atoms. The smallest absolute Gasteiger partial charge is 0.245 e. The number of hydrogen-bond acceptors (Lipinski definition) is 6. The molecular formula is C9H10N4OS2. The van der Waals surface area contributed by atoms with Crippen LogP contribution in [0.5, 0.6) is 0 Å². The second-order valence-electron chi connectivity index (χ2n) is 3.03. The molecule has 1 amide bonds. The number of carbonyl (C=O) groups is 1. The molecule has 7 heteroatoms. The summed E-state index contributed by atoms with van der Waals surface area (Å²) in [6.45, 7) is 2.09. The van der Waals surface area contributed by atoms with E-state index in [0.29, 0.717) is 5.13 Å². The van der Waals surface area contributed by atoms with Crippen molar-refractivity contribution in [2.24, 2.45) is 0 Å². The third-order valence-electron chi connectivity index (χ3n) is 1.70. The maximum absolute atomic E-state index is 11.5. The van der Waals surface area contributed by atoms with E-state index < -0.39 is 0 Å². The highest BCUT2D eigenvalue weighted by Gasteiger charge is 2.05. The number of carbonyl (C=O) groups excluding carboxylic acids is 1. The zero-order valence-corrected chi connectivity index (χ0v) is 10.2. The van der Waals surface area contributed by atoms with Gasteiger partial charge in [0.05, 0.1) is 12.2 Å². The van der Waals surface area contributed by atoms with Gasteiger partial charge in [-0.25, -0.2) is 9.97 Å². The molecule has 2 aromatic heterocycles. The van der Waals surface area contributed by atoms with Gasteiger partial charge in [-0.3, -0.25) is 4.79 Å². The molecule has 2 heterocycles. The number of rotatable bonds is 4. The molecule has 0 spiro atoms. The van der Waals surface area contributed by atoms with Gasteiger partial charge in [0.15, 0.2) is 10.3 Å². The Balaban J connectivity index is 1.81. The average Bonchev–Trinajstić information content (AvgIpc) is 2.87. The van der Waals surface area contributed by atoms with Crippen LogP contribution in [0.2, 0.25) is 0 Å². The lowest BCUT2D eigenvalue weighted by molar-refractivity contribution is -0.114. The van der Waals surface area contributed by atoms with Gasteiger partial charge in [-0.2, -0.15) is 0 Å². The fraction of sp³-hybridized carbons (Fsp3) is 0.222. The van der Waals surface area contributed by atoms with Gasteiger partial charge in [0.25, 0.3) is 0 Å². The second kappa shape index (κ2) is 5.04. The van der Waals surface area contributed by atoms with Crippen molar-refractivity contribution in [2.75, 3.05) is 17.2 Å². The van der Waals surface area contributed by atoms with Gasteiger partial charge in [0, 0.05) is 17.0 Å². The van der Waals surface area contributed by atoms with Crippen molar-refractivity contribution in [2.45, 2.75) is 6.92 Å². The number of anilines is 2. The van der Waals surface area contributed by atoms with E-state index in [1.54, 1.807) is 6.20 Å². The van der Waals surface area contributed by atoms with Crippen LogP contribution in [0.1, 0.15) is 5.69 Å². The van der Waals surface area contributed by atoms with E-state index in [1.807, 2.05) is 17.7 Å². The minimum Gasteiger partial charge on any atom is -0.352 e. The minimum atomic E-state index is -0.121. The number of aromatic nitrogens is 2. The first-order valence-electron chi connectivity index (χ1n) is 4.59. The molecule has 16 heavy (non-hydrogen) atoms. The number of nitrogens with one attached hydrogen (secondary N) is 2. The molecule has 2 aromatic rings. The first-order valence-corrected chi connectivity index (χ1v) is 6.35. The Morgan fingerprint density at radius 1 is 1.44 bits per heavy atom. The molecule has 0 aliphatic heterocycles. The number of thiazole rings is 2. The van der Waals surface area contributed by atoms with Gasteiger partial charge in [-0.05, 0) is 6.92 Å². The van der Waals surface area contributed by atoms with Crippen LogP contribution in [0.3, 0.4) is 0 Å². The Labute approximate surface area is 101 Å². The molecule has 0 radical (unpaired) electrons. The standard InChI is InChI=1S/C9H10N4OS2/c1-6-5-16-9(12-6)13-7(14)4-11-8-10-2-3-15-8/h2-3,5H,4H2,1H3,(H,10,11)(H,12,13,14). The Morgan fingerprint density at radius 2 is 2.31 bits per heavy atom. The Bertz CT molecular complexity index is 466. The monoisotopic (exact) mass is 254 g/mol. The maximum Gasteiger partial charge on any atom is 0.245 e. The molecule has 0 aliphatic rings. The summed E-state index contributed by atoms with van der Waals surface area (Å²) in [5, 5.41) is 10.7. The van der Waals surface area contributed by atoms with Crippen LogP contribution in [0.15, 0.2) is 17.0 Å². The Hall–Kier alpha value is -1.47. The summed E-state index contributed by atoms with van der Waals surface area (Å²) in [6, 6.07) is 0. The van der Waals surface area contributed by atoms with E-state index in [4.69, 9.17) is 0 Å². The summed E-state index contributed by atoms with van der Waals surface area (Å²) in [5.74, 6) is -0.121. The first kappa shape index (κ1) is 11.0. The van der Waals surface area contributed by atoms with E-state index in [0.717, 1.165) is 10.8 Å². The Morgan fingerprint density at radius 3 is 2.94 bits per heavy atom. The van der Waals surface area contributed by atoms with Crippen LogP contribution in [0, 0.1) is 6.92 Å².